The molecule has 140 valence electrons. The van der Waals surface area contributed by atoms with Crippen molar-refractivity contribution in [1.29, 1.82) is 0 Å². The smallest absolute Gasteiger partial charge is 0.244 e. The molecule has 1 aromatic rings. The molecule has 0 aromatic heterocycles. The standard InChI is InChI=1S/C18H29N3O4/c1-11(2)15(19)17(25)20-16(24)14(21-18(3,4)10-22)9-12-5-7-13(23)8-6-12/h5-8,11,14-15,21-23H,9-10,19H2,1-4H3,(H,20,24,25)/t14-,15-/m0/s1. The van der Waals surface area contributed by atoms with E-state index in [0.29, 0.717) is 6.42 Å². The lowest BCUT2D eigenvalue weighted by Gasteiger charge is -2.30. The maximum atomic E-state index is 12.6. The molecule has 2 amide bonds. The Balaban J connectivity index is 2.91. The minimum Gasteiger partial charge on any atom is -0.508 e. The largest absolute Gasteiger partial charge is 0.508 e. The first-order valence-electron chi connectivity index (χ1n) is 8.32. The fourth-order valence-electron chi connectivity index (χ4n) is 2.19. The fourth-order valence-corrected chi connectivity index (χ4v) is 2.19. The lowest BCUT2D eigenvalue weighted by Crippen LogP contribution is -2.58. The summed E-state index contributed by atoms with van der Waals surface area (Å²) in [6.07, 6.45) is 0.291. The lowest BCUT2D eigenvalue weighted by atomic mass is 9.99. The number of imide groups is 1. The molecule has 0 aliphatic carbocycles. The first-order valence-corrected chi connectivity index (χ1v) is 8.32. The van der Waals surface area contributed by atoms with E-state index < -0.39 is 29.4 Å². The van der Waals surface area contributed by atoms with Crippen LogP contribution in [0.3, 0.4) is 0 Å². The van der Waals surface area contributed by atoms with E-state index in [1.807, 2.05) is 0 Å². The topological polar surface area (TPSA) is 125 Å². The predicted molar refractivity (Wildman–Crippen MR) is 95.9 cm³/mol. The normalized spacial score (nSPS) is 14.2. The molecule has 7 nitrogen and oxygen atoms in total. The van der Waals surface area contributed by atoms with Gasteiger partial charge in [0.15, 0.2) is 0 Å². The van der Waals surface area contributed by atoms with E-state index in [1.165, 1.54) is 12.1 Å². The minimum absolute atomic E-state index is 0.0924. The number of carbonyl (C=O) groups excluding carboxylic acids is 2. The van der Waals surface area contributed by atoms with Gasteiger partial charge in [0.1, 0.15) is 5.75 Å². The number of nitrogens with two attached hydrogens (primary N) is 1. The molecule has 0 heterocycles. The van der Waals surface area contributed by atoms with Crippen LogP contribution in [0.15, 0.2) is 24.3 Å². The molecule has 0 saturated carbocycles. The van der Waals surface area contributed by atoms with Crippen LogP contribution in [-0.4, -0.2) is 46.3 Å². The summed E-state index contributed by atoms with van der Waals surface area (Å²) >= 11 is 0. The first kappa shape index (κ1) is 21.1. The molecule has 2 atom stereocenters. The third-order valence-corrected chi connectivity index (χ3v) is 3.92. The van der Waals surface area contributed by atoms with Crippen molar-refractivity contribution >= 4 is 11.8 Å². The molecule has 6 N–H and O–H groups in total. The van der Waals surface area contributed by atoms with Crippen molar-refractivity contribution in [2.24, 2.45) is 11.7 Å². The number of aromatic hydroxyl groups is 1. The van der Waals surface area contributed by atoms with Gasteiger partial charge in [0.25, 0.3) is 0 Å². The van der Waals surface area contributed by atoms with E-state index in [0.717, 1.165) is 5.56 Å². The van der Waals surface area contributed by atoms with Crippen LogP contribution in [-0.2, 0) is 16.0 Å². The molecule has 0 unspecified atom stereocenters. The van der Waals surface area contributed by atoms with Gasteiger partial charge in [-0.3, -0.25) is 20.2 Å². The van der Waals surface area contributed by atoms with Gasteiger partial charge in [-0.2, -0.15) is 0 Å². The number of nitrogens with one attached hydrogen (secondary N) is 2. The van der Waals surface area contributed by atoms with Gasteiger partial charge in [0.05, 0.1) is 18.7 Å². The summed E-state index contributed by atoms with van der Waals surface area (Å²) in [6.45, 7) is 6.94. The number of hydrogen-bond donors (Lipinski definition) is 5. The molecular weight excluding hydrogens is 322 g/mol. The maximum absolute atomic E-state index is 12.6. The average molecular weight is 351 g/mol. The van der Waals surface area contributed by atoms with Crippen LogP contribution in [0.2, 0.25) is 0 Å². The van der Waals surface area contributed by atoms with Crippen LogP contribution in [0.4, 0.5) is 0 Å². The Labute approximate surface area is 148 Å². The molecular formula is C18H29N3O4. The molecule has 0 spiro atoms. The van der Waals surface area contributed by atoms with Gasteiger partial charge in [-0.1, -0.05) is 26.0 Å². The second kappa shape index (κ2) is 8.94. The summed E-state index contributed by atoms with van der Waals surface area (Å²) in [5, 5.41) is 24.2. The van der Waals surface area contributed by atoms with E-state index in [9.17, 15) is 19.8 Å². The van der Waals surface area contributed by atoms with Crippen molar-refractivity contribution in [3.05, 3.63) is 29.8 Å². The molecule has 0 aliphatic rings. The zero-order valence-electron chi connectivity index (χ0n) is 15.2. The Kier molecular flexibility index (Phi) is 7.54. The van der Waals surface area contributed by atoms with Crippen LogP contribution in [0.5, 0.6) is 5.75 Å². The van der Waals surface area contributed by atoms with Gasteiger partial charge >= 0.3 is 0 Å². The van der Waals surface area contributed by atoms with Gasteiger partial charge < -0.3 is 15.9 Å². The molecule has 1 rings (SSSR count). The maximum Gasteiger partial charge on any atom is 0.244 e. The number of carbonyl (C=O) groups is 2. The number of aliphatic hydroxyl groups is 1. The highest BCUT2D eigenvalue weighted by molar-refractivity contribution is 6.00. The predicted octanol–water partition coefficient (Wildman–Crippen LogP) is 0.290. The summed E-state index contributed by atoms with van der Waals surface area (Å²) in [4.78, 5) is 24.6. The van der Waals surface area contributed by atoms with Gasteiger partial charge in [-0.15, -0.1) is 0 Å². The number of aliphatic hydroxyl groups excluding tert-OH is 1. The SMILES string of the molecule is CC(C)[C@H](N)C(=O)NC(=O)[C@H](Cc1ccc(O)cc1)NC(C)(C)CO. The van der Waals surface area contributed by atoms with E-state index >= 15 is 0 Å². The summed E-state index contributed by atoms with van der Waals surface area (Å²) in [6, 6.07) is 4.94. The van der Waals surface area contributed by atoms with E-state index in [2.05, 4.69) is 10.6 Å². The zero-order valence-corrected chi connectivity index (χ0v) is 15.2. The Morgan fingerprint density at radius 3 is 2.20 bits per heavy atom. The number of phenolic OH excluding ortho intramolecular Hbond substituents is 1. The Morgan fingerprint density at radius 1 is 1.16 bits per heavy atom. The van der Waals surface area contributed by atoms with Crippen LogP contribution in [0.1, 0.15) is 33.3 Å². The quantitative estimate of drug-likeness (QED) is 0.458. The van der Waals surface area contributed by atoms with Crippen molar-refractivity contribution in [2.75, 3.05) is 6.61 Å². The van der Waals surface area contributed by atoms with Gasteiger partial charge in [0, 0.05) is 5.54 Å². The van der Waals surface area contributed by atoms with Crippen molar-refractivity contribution in [3.8, 4) is 5.75 Å². The molecule has 7 heteroatoms. The second-order valence-electron chi connectivity index (χ2n) is 7.23. The first-order chi connectivity index (χ1) is 11.6. The van der Waals surface area contributed by atoms with Crippen molar-refractivity contribution in [2.45, 2.75) is 51.7 Å². The van der Waals surface area contributed by atoms with Crippen LogP contribution in [0.25, 0.3) is 0 Å². The third kappa shape index (κ3) is 6.81. The van der Waals surface area contributed by atoms with Crippen LogP contribution < -0.4 is 16.4 Å². The molecule has 1 aromatic carbocycles. The highest BCUT2D eigenvalue weighted by atomic mass is 16.3. The van der Waals surface area contributed by atoms with Gasteiger partial charge in [-0.25, -0.2) is 0 Å². The molecule has 0 aliphatic heterocycles. The summed E-state index contributed by atoms with van der Waals surface area (Å²) < 4.78 is 0. The Hall–Kier alpha value is -1.96. The second-order valence-corrected chi connectivity index (χ2v) is 7.23. The third-order valence-electron chi connectivity index (χ3n) is 3.92. The molecule has 25 heavy (non-hydrogen) atoms. The minimum atomic E-state index is -0.774. The Morgan fingerprint density at radius 2 is 1.72 bits per heavy atom. The Bertz CT molecular complexity index is 584. The number of rotatable bonds is 8. The van der Waals surface area contributed by atoms with Crippen molar-refractivity contribution in [1.82, 2.24) is 10.6 Å². The average Bonchev–Trinajstić information content (AvgIpc) is 2.55. The fraction of sp³-hybridized carbons (Fsp3) is 0.556. The van der Waals surface area contributed by atoms with Crippen LogP contribution >= 0.6 is 0 Å². The van der Waals surface area contributed by atoms with E-state index in [1.54, 1.807) is 39.8 Å². The molecule has 0 radical (unpaired) electrons. The summed E-state index contributed by atoms with van der Waals surface area (Å²) in [5.41, 5.74) is 5.88. The number of benzene rings is 1. The van der Waals surface area contributed by atoms with Crippen molar-refractivity contribution in [3.63, 3.8) is 0 Å². The van der Waals surface area contributed by atoms with Gasteiger partial charge in [-0.05, 0) is 43.9 Å². The highest BCUT2D eigenvalue weighted by Gasteiger charge is 2.29. The monoisotopic (exact) mass is 351 g/mol. The van der Waals surface area contributed by atoms with Crippen molar-refractivity contribution < 1.29 is 19.8 Å². The van der Waals surface area contributed by atoms with Gasteiger partial charge in [0.2, 0.25) is 11.8 Å². The summed E-state index contributed by atoms with van der Waals surface area (Å²) in [7, 11) is 0. The highest BCUT2D eigenvalue weighted by Crippen LogP contribution is 2.13. The molecule has 0 fully saturated rings. The van der Waals surface area contributed by atoms with E-state index in [4.69, 9.17) is 5.73 Å². The van der Waals surface area contributed by atoms with E-state index in [-0.39, 0.29) is 18.3 Å². The molecule has 0 saturated heterocycles. The summed E-state index contributed by atoms with van der Waals surface area (Å²) in [5.74, 6) is -0.994. The lowest BCUT2D eigenvalue weighted by molar-refractivity contribution is -0.133. The number of amides is 2. The molecule has 0 bridgehead atoms. The zero-order chi connectivity index (χ0) is 19.2. The number of hydrogen-bond acceptors (Lipinski definition) is 6. The number of phenols is 1. The van der Waals surface area contributed by atoms with Crippen LogP contribution in [0, 0.1) is 5.92 Å².